The van der Waals surface area contributed by atoms with Crippen LogP contribution in [0.5, 0.6) is 0 Å². The van der Waals surface area contributed by atoms with Crippen molar-refractivity contribution in [3.63, 3.8) is 0 Å². The van der Waals surface area contributed by atoms with E-state index in [1.165, 1.54) is 31.3 Å². The molecule has 0 bridgehead atoms. The second-order valence-corrected chi connectivity index (χ2v) is 8.63. The van der Waals surface area contributed by atoms with E-state index in [-0.39, 0.29) is 4.90 Å². The van der Waals surface area contributed by atoms with E-state index in [0.29, 0.717) is 5.69 Å². The topological polar surface area (TPSA) is 110 Å². The molecule has 0 saturated heterocycles. The summed E-state index contributed by atoms with van der Waals surface area (Å²) in [6, 6.07) is 5.27. The zero-order valence-electron chi connectivity index (χ0n) is 11.8. The van der Waals surface area contributed by atoms with Crippen LogP contribution in [0.25, 0.3) is 0 Å². The highest BCUT2D eigenvalue weighted by molar-refractivity contribution is 7.91. The molecule has 1 aromatic carbocycles. The Morgan fingerprint density at radius 1 is 1.05 bits per heavy atom. The monoisotopic (exact) mass is 321 g/mol. The Morgan fingerprint density at radius 2 is 1.50 bits per heavy atom. The van der Waals surface area contributed by atoms with E-state index in [4.69, 9.17) is 5.14 Å². The number of nitrogens with two attached hydrogens (primary N) is 1. The first-order chi connectivity index (χ1) is 8.83. The third-order valence-electron chi connectivity index (χ3n) is 2.32. The molecule has 0 atom stereocenters. The number of nitrogens with zero attached hydrogens (tertiary/aromatic N) is 1. The predicted octanol–water partition coefficient (Wildman–Crippen LogP) is 0.403. The van der Waals surface area contributed by atoms with Crippen molar-refractivity contribution in [1.29, 1.82) is 0 Å². The lowest BCUT2D eigenvalue weighted by molar-refractivity contribution is 0.490. The Kier molecular flexibility index (Phi) is 4.49. The van der Waals surface area contributed by atoms with Crippen molar-refractivity contribution < 1.29 is 16.8 Å². The Hall–Kier alpha value is -1.16. The number of sulfonamides is 1. The van der Waals surface area contributed by atoms with Gasteiger partial charge in [0.25, 0.3) is 0 Å². The van der Waals surface area contributed by atoms with Crippen LogP contribution in [0.4, 0.5) is 5.69 Å². The molecule has 9 heteroatoms. The molecule has 0 radical (unpaired) electrons. The van der Waals surface area contributed by atoms with Gasteiger partial charge in [-0.1, -0.05) is 0 Å². The molecule has 0 amide bonds. The highest BCUT2D eigenvalue weighted by Gasteiger charge is 2.24. The van der Waals surface area contributed by atoms with Gasteiger partial charge in [0.05, 0.1) is 10.6 Å². The van der Waals surface area contributed by atoms with Crippen molar-refractivity contribution in [3.05, 3.63) is 24.3 Å². The minimum absolute atomic E-state index is 0.0733. The zero-order valence-corrected chi connectivity index (χ0v) is 13.4. The molecule has 1 rings (SSSR count). The molecule has 3 N–H and O–H groups in total. The lowest BCUT2D eigenvalue weighted by atomic mass is 10.1. The predicted molar refractivity (Wildman–Crippen MR) is 78.0 cm³/mol. The third kappa shape index (κ3) is 4.44. The van der Waals surface area contributed by atoms with Gasteiger partial charge in [-0.2, -0.15) is 13.1 Å². The maximum atomic E-state index is 12.1. The normalized spacial score (nSPS) is 13.2. The molecular weight excluding hydrogens is 302 g/mol. The van der Waals surface area contributed by atoms with Crippen molar-refractivity contribution >= 4 is 25.9 Å². The van der Waals surface area contributed by atoms with E-state index in [0.717, 1.165) is 4.31 Å². The molecule has 20 heavy (non-hydrogen) atoms. The Morgan fingerprint density at radius 3 is 1.85 bits per heavy atom. The Bertz CT molecular complexity index is 673. The maximum Gasteiger partial charge on any atom is 0.301 e. The van der Waals surface area contributed by atoms with E-state index in [1.54, 1.807) is 20.8 Å². The first-order valence-electron chi connectivity index (χ1n) is 5.74. The van der Waals surface area contributed by atoms with Gasteiger partial charge in [-0.25, -0.2) is 13.6 Å². The Labute approximate surface area is 120 Å². The van der Waals surface area contributed by atoms with Gasteiger partial charge >= 0.3 is 10.2 Å². The van der Waals surface area contributed by atoms with Crippen molar-refractivity contribution in [2.75, 3.05) is 11.4 Å². The summed E-state index contributed by atoms with van der Waals surface area (Å²) in [4.78, 5) is -0.0733. The number of hydrogen-bond donors (Lipinski definition) is 2. The smallest absolute Gasteiger partial charge is 0.261 e. The molecule has 0 spiro atoms. The molecule has 0 saturated carbocycles. The second kappa shape index (κ2) is 5.32. The van der Waals surface area contributed by atoms with Gasteiger partial charge in [0, 0.05) is 12.6 Å². The third-order valence-corrected chi connectivity index (χ3v) is 5.06. The first kappa shape index (κ1) is 16.9. The summed E-state index contributed by atoms with van der Waals surface area (Å²) in [5.74, 6) is 0. The van der Waals surface area contributed by atoms with Crippen LogP contribution in [-0.2, 0) is 20.2 Å². The van der Waals surface area contributed by atoms with Crippen molar-refractivity contribution in [1.82, 2.24) is 4.72 Å². The van der Waals surface area contributed by atoms with Crippen LogP contribution in [0, 0.1) is 0 Å². The minimum atomic E-state index is -3.79. The van der Waals surface area contributed by atoms with Gasteiger partial charge in [0.15, 0.2) is 0 Å². The number of benzene rings is 1. The lowest BCUT2D eigenvalue weighted by Crippen LogP contribution is -2.47. The second-order valence-electron chi connectivity index (χ2n) is 5.36. The first-order valence-corrected chi connectivity index (χ1v) is 8.72. The molecule has 7 nitrogen and oxygen atoms in total. The number of rotatable bonds is 4. The van der Waals surface area contributed by atoms with Crippen molar-refractivity contribution in [2.24, 2.45) is 5.14 Å². The van der Waals surface area contributed by atoms with Crippen LogP contribution in [-0.4, -0.2) is 29.4 Å². The molecule has 0 aliphatic rings. The van der Waals surface area contributed by atoms with Crippen LogP contribution in [0.3, 0.4) is 0 Å². The maximum absolute atomic E-state index is 12.1. The average Bonchev–Trinajstić information content (AvgIpc) is 2.24. The molecular formula is C11H19N3O4S2. The standard InChI is InChI=1S/C11H19N3O4S2/c1-11(2,3)13-20(17,18)14(4)9-5-7-10(8-6-9)19(12,15)16/h5-8,13H,1-4H3,(H2,12,15,16). The largest absolute Gasteiger partial charge is 0.301 e. The fraction of sp³-hybridized carbons (Fsp3) is 0.455. The van der Waals surface area contributed by atoms with Gasteiger partial charge in [-0.3, -0.25) is 4.31 Å². The zero-order chi connectivity index (χ0) is 15.8. The number of nitrogens with one attached hydrogen (secondary N) is 1. The summed E-state index contributed by atoms with van der Waals surface area (Å²) in [6.45, 7) is 5.17. The number of hydrogen-bond acceptors (Lipinski definition) is 4. The summed E-state index contributed by atoms with van der Waals surface area (Å²) < 4.78 is 50.0. The molecule has 1 aromatic rings. The van der Waals surface area contributed by atoms with Crippen LogP contribution < -0.4 is 14.2 Å². The van der Waals surface area contributed by atoms with Gasteiger partial charge in [-0.15, -0.1) is 0 Å². The van der Waals surface area contributed by atoms with Crippen LogP contribution >= 0.6 is 0 Å². The van der Waals surface area contributed by atoms with E-state index >= 15 is 0 Å². The highest BCUT2D eigenvalue weighted by Crippen LogP contribution is 2.19. The van der Waals surface area contributed by atoms with Crippen LogP contribution in [0.2, 0.25) is 0 Å². The average molecular weight is 321 g/mol. The Balaban J connectivity index is 3.07. The van der Waals surface area contributed by atoms with Crippen molar-refractivity contribution in [3.8, 4) is 0 Å². The molecule has 0 unspecified atom stereocenters. The summed E-state index contributed by atoms with van der Waals surface area (Å²) in [7, 11) is -6.13. The van der Waals surface area contributed by atoms with E-state index in [1.807, 2.05) is 0 Å². The van der Waals surface area contributed by atoms with Crippen LogP contribution in [0.15, 0.2) is 29.2 Å². The van der Waals surface area contributed by atoms with Gasteiger partial charge in [0.1, 0.15) is 0 Å². The van der Waals surface area contributed by atoms with E-state index < -0.39 is 25.8 Å². The highest BCUT2D eigenvalue weighted by atomic mass is 32.2. The van der Waals surface area contributed by atoms with Crippen molar-refractivity contribution in [2.45, 2.75) is 31.2 Å². The fourth-order valence-electron chi connectivity index (χ4n) is 1.44. The summed E-state index contributed by atoms with van der Waals surface area (Å²) >= 11 is 0. The quantitative estimate of drug-likeness (QED) is 0.836. The summed E-state index contributed by atoms with van der Waals surface area (Å²) in [5, 5.41) is 4.98. The van der Waals surface area contributed by atoms with Crippen LogP contribution in [0.1, 0.15) is 20.8 Å². The van der Waals surface area contributed by atoms with E-state index in [9.17, 15) is 16.8 Å². The fourth-order valence-corrected chi connectivity index (χ4v) is 3.27. The minimum Gasteiger partial charge on any atom is -0.261 e. The number of anilines is 1. The van der Waals surface area contributed by atoms with Gasteiger partial charge < -0.3 is 0 Å². The molecule has 0 fully saturated rings. The molecule has 114 valence electrons. The van der Waals surface area contributed by atoms with Gasteiger partial charge in [-0.05, 0) is 45.0 Å². The van der Waals surface area contributed by atoms with Gasteiger partial charge in [0.2, 0.25) is 10.0 Å². The molecule has 0 aliphatic carbocycles. The molecule has 0 aliphatic heterocycles. The SMILES string of the molecule is CN(c1ccc(S(N)(=O)=O)cc1)S(=O)(=O)NC(C)(C)C. The lowest BCUT2D eigenvalue weighted by Gasteiger charge is -2.26. The van der Waals surface area contributed by atoms with E-state index in [2.05, 4.69) is 4.72 Å². The molecule has 0 heterocycles. The summed E-state index contributed by atoms with van der Waals surface area (Å²) in [6.07, 6.45) is 0. The number of primary sulfonamides is 1. The molecule has 0 aromatic heterocycles. The summed E-state index contributed by atoms with van der Waals surface area (Å²) in [5.41, 5.74) is -0.290.